The monoisotopic (exact) mass is 275 g/mol. The van der Waals surface area contributed by atoms with Crippen molar-refractivity contribution in [1.82, 2.24) is 15.0 Å². The van der Waals surface area contributed by atoms with Crippen molar-refractivity contribution in [3.05, 3.63) is 41.2 Å². The summed E-state index contributed by atoms with van der Waals surface area (Å²) >= 11 is 0. The Bertz CT molecular complexity index is 607. The second-order valence-electron chi connectivity index (χ2n) is 4.38. The minimum Gasteiger partial charge on any atom is -0.491 e. The summed E-state index contributed by atoms with van der Waals surface area (Å²) in [5.74, 6) is -0.225. The minimum atomic E-state index is -1.05. The van der Waals surface area contributed by atoms with E-state index < -0.39 is 5.97 Å². The maximum atomic E-state index is 11.0. The van der Waals surface area contributed by atoms with Gasteiger partial charge in [-0.2, -0.15) is 0 Å². The molecule has 2 aromatic rings. The number of ether oxygens (including phenoxy) is 1. The topological polar surface area (TPSA) is 77.2 Å². The second kappa shape index (κ2) is 6.18. The lowest BCUT2D eigenvalue weighted by atomic mass is 10.2. The normalized spacial score (nSPS) is 10.5. The zero-order valence-electron chi connectivity index (χ0n) is 11.5. The zero-order chi connectivity index (χ0) is 14.5. The lowest BCUT2D eigenvalue weighted by Gasteiger charge is -2.09. The summed E-state index contributed by atoms with van der Waals surface area (Å²) in [6.45, 7) is 4.74. The molecule has 20 heavy (non-hydrogen) atoms. The van der Waals surface area contributed by atoms with Crippen molar-refractivity contribution in [2.45, 2.75) is 26.8 Å². The number of aromatic nitrogens is 3. The van der Waals surface area contributed by atoms with Crippen LogP contribution in [-0.2, 0) is 13.0 Å². The van der Waals surface area contributed by atoms with Gasteiger partial charge in [0.1, 0.15) is 12.4 Å². The Labute approximate surface area is 117 Å². The fourth-order valence-electron chi connectivity index (χ4n) is 1.99. The summed E-state index contributed by atoms with van der Waals surface area (Å²) in [7, 11) is 0. The fourth-order valence-corrected chi connectivity index (χ4v) is 1.99. The number of aryl methyl sites for hydroxylation is 1. The molecule has 0 atom stereocenters. The van der Waals surface area contributed by atoms with E-state index in [2.05, 4.69) is 10.3 Å². The van der Waals surface area contributed by atoms with Crippen LogP contribution < -0.4 is 4.74 Å². The highest BCUT2D eigenvalue weighted by Gasteiger charge is 2.17. The van der Waals surface area contributed by atoms with Crippen molar-refractivity contribution in [2.75, 3.05) is 6.61 Å². The van der Waals surface area contributed by atoms with Gasteiger partial charge in [0.15, 0.2) is 5.69 Å². The zero-order valence-corrected chi connectivity index (χ0v) is 11.5. The van der Waals surface area contributed by atoms with Crippen LogP contribution in [0.2, 0.25) is 0 Å². The highest BCUT2D eigenvalue weighted by atomic mass is 16.5. The third-order valence-corrected chi connectivity index (χ3v) is 3.03. The molecular weight excluding hydrogens is 258 g/mol. The lowest BCUT2D eigenvalue weighted by molar-refractivity contribution is 0.0689. The molecule has 0 saturated heterocycles. The van der Waals surface area contributed by atoms with Gasteiger partial charge in [0, 0.05) is 0 Å². The first-order valence-corrected chi connectivity index (χ1v) is 6.47. The summed E-state index contributed by atoms with van der Waals surface area (Å²) < 4.78 is 7.26. The number of hydrogen-bond acceptors (Lipinski definition) is 4. The van der Waals surface area contributed by atoms with Crippen LogP contribution in [-0.4, -0.2) is 32.7 Å². The van der Waals surface area contributed by atoms with Crippen molar-refractivity contribution in [1.29, 1.82) is 0 Å². The van der Waals surface area contributed by atoms with Gasteiger partial charge in [-0.25, -0.2) is 9.48 Å². The molecule has 0 bridgehead atoms. The molecule has 0 aliphatic heterocycles. The Hall–Kier alpha value is -2.37. The SMILES string of the molecule is CCc1c(C(=O)O)nnn1CCOc1ccccc1C. The molecule has 1 N–H and O–H groups in total. The van der Waals surface area contributed by atoms with Crippen LogP contribution in [0.4, 0.5) is 0 Å². The maximum Gasteiger partial charge on any atom is 0.358 e. The molecular formula is C14H17N3O3. The summed E-state index contributed by atoms with van der Waals surface area (Å²) in [4.78, 5) is 11.0. The molecule has 0 radical (unpaired) electrons. The molecule has 1 heterocycles. The molecule has 0 aliphatic carbocycles. The molecule has 6 nitrogen and oxygen atoms in total. The molecule has 0 amide bonds. The van der Waals surface area contributed by atoms with Crippen LogP contribution >= 0.6 is 0 Å². The van der Waals surface area contributed by atoms with Crippen molar-refractivity contribution >= 4 is 5.97 Å². The van der Waals surface area contributed by atoms with Crippen LogP contribution in [0.25, 0.3) is 0 Å². The standard InChI is InChI=1S/C14H17N3O3/c1-3-11-13(14(18)19)15-16-17(11)8-9-20-12-7-5-4-6-10(12)2/h4-7H,3,8-9H2,1-2H3,(H,18,19). The molecule has 6 heteroatoms. The van der Waals surface area contributed by atoms with Gasteiger partial charge in [0.2, 0.25) is 0 Å². The van der Waals surface area contributed by atoms with Crippen LogP contribution in [0.1, 0.15) is 28.7 Å². The number of nitrogens with zero attached hydrogens (tertiary/aromatic N) is 3. The maximum absolute atomic E-state index is 11.0. The van der Waals surface area contributed by atoms with Gasteiger partial charge in [-0.05, 0) is 25.0 Å². The largest absolute Gasteiger partial charge is 0.491 e. The van der Waals surface area contributed by atoms with E-state index in [1.165, 1.54) is 0 Å². The Morgan fingerprint density at radius 3 is 2.80 bits per heavy atom. The number of carbonyl (C=O) groups is 1. The molecule has 0 unspecified atom stereocenters. The quantitative estimate of drug-likeness (QED) is 0.871. The van der Waals surface area contributed by atoms with Crippen molar-refractivity contribution in [3.63, 3.8) is 0 Å². The van der Waals surface area contributed by atoms with E-state index in [9.17, 15) is 4.79 Å². The number of hydrogen-bond donors (Lipinski definition) is 1. The third-order valence-electron chi connectivity index (χ3n) is 3.03. The van der Waals surface area contributed by atoms with E-state index >= 15 is 0 Å². The predicted molar refractivity (Wildman–Crippen MR) is 73.0 cm³/mol. The lowest BCUT2D eigenvalue weighted by Crippen LogP contribution is -2.13. The average Bonchev–Trinajstić information content (AvgIpc) is 2.84. The smallest absolute Gasteiger partial charge is 0.358 e. The van der Waals surface area contributed by atoms with E-state index in [4.69, 9.17) is 9.84 Å². The van der Waals surface area contributed by atoms with Gasteiger partial charge in [0.05, 0.1) is 12.2 Å². The van der Waals surface area contributed by atoms with Crippen LogP contribution in [0, 0.1) is 6.92 Å². The average molecular weight is 275 g/mol. The van der Waals surface area contributed by atoms with Gasteiger partial charge < -0.3 is 9.84 Å². The van der Waals surface area contributed by atoms with Gasteiger partial charge in [-0.3, -0.25) is 0 Å². The first-order chi connectivity index (χ1) is 9.63. The van der Waals surface area contributed by atoms with E-state index in [1.807, 2.05) is 38.1 Å². The Balaban J connectivity index is 2.01. The molecule has 0 aliphatic rings. The van der Waals surface area contributed by atoms with Gasteiger partial charge >= 0.3 is 5.97 Å². The fraction of sp³-hybridized carbons (Fsp3) is 0.357. The van der Waals surface area contributed by atoms with E-state index in [-0.39, 0.29) is 5.69 Å². The number of carboxylic acid groups (broad SMARTS) is 1. The summed E-state index contributed by atoms with van der Waals surface area (Å²) in [6.07, 6.45) is 0.568. The molecule has 0 fully saturated rings. The van der Waals surface area contributed by atoms with Gasteiger partial charge in [-0.15, -0.1) is 5.10 Å². The van der Waals surface area contributed by atoms with Crippen LogP contribution in [0.5, 0.6) is 5.75 Å². The van der Waals surface area contributed by atoms with Crippen LogP contribution in [0.3, 0.4) is 0 Å². The van der Waals surface area contributed by atoms with Crippen LogP contribution in [0.15, 0.2) is 24.3 Å². The van der Waals surface area contributed by atoms with E-state index in [0.29, 0.717) is 25.3 Å². The molecule has 0 saturated carbocycles. The Kier molecular flexibility index (Phi) is 4.34. The van der Waals surface area contributed by atoms with Crippen molar-refractivity contribution in [2.24, 2.45) is 0 Å². The van der Waals surface area contributed by atoms with Gasteiger partial charge in [0.25, 0.3) is 0 Å². The molecule has 106 valence electrons. The number of aromatic carboxylic acids is 1. The molecule has 1 aromatic carbocycles. The number of carboxylic acids is 1. The summed E-state index contributed by atoms with van der Waals surface area (Å²) in [5, 5.41) is 16.6. The molecule has 0 spiro atoms. The Morgan fingerprint density at radius 2 is 2.15 bits per heavy atom. The molecule has 1 aromatic heterocycles. The van der Waals surface area contributed by atoms with Crippen molar-refractivity contribution < 1.29 is 14.6 Å². The Morgan fingerprint density at radius 1 is 1.40 bits per heavy atom. The third kappa shape index (κ3) is 2.96. The molecule has 2 rings (SSSR count). The van der Waals surface area contributed by atoms with Gasteiger partial charge in [-0.1, -0.05) is 30.3 Å². The minimum absolute atomic E-state index is 0.0170. The van der Waals surface area contributed by atoms with E-state index in [1.54, 1.807) is 4.68 Å². The van der Waals surface area contributed by atoms with E-state index in [0.717, 1.165) is 11.3 Å². The highest BCUT2D eigenvalue weighted by Crippen LogP contribution is 2.16. The number of para-hydroxylation sites is 1. The second-order valence-corrected chi connectivity index (χ2v) is 4.38. The number of rotatable bonds is 6. The highest BCUT2D eigenvalue weighted by molar-refractivity contribution is 5.86. The predicted octanol–water partition coefficient (Wildman–Crippen LogP) is 1.93. The summed E-state index contributed by atoms with van der Waals surface area (Å²) in [6, 6.07) is 7.75. The number of benzene rings is 1. The first-order valence-electron chi connectivity index (χ1n) is 6.47. The summed E-state index contributed by atoms with van der Waals surface area (Å²) in [5.41, 5.74) is 1.70. The van der Waals surface area contributed by atoms with Crippen molar-refractivity contribution in [3.8, 4) is 5.75 Å². The first kappa shape index (κ1) is 14.0.